The highest BCUT2D eigenvalue weighted by molar-refractivity contribution is 5.80. The number of carboxylic acid groups (broad SMARTS) is 1. The van der Waals surface area contributed by atoms with Crippen molar-refractivity contribution in [1.29, 1.82) is 0 Å². The Morgan fingerprint density at radius 2 is 2.15 bits per heavy atom. The number of carboxylic acids is 1. The largest absolute Gasteiger partial charge is 0.479 e. The molecule has 0 aromatic heterocycles. The Labute approximate surface area is 75.3 Å². The molecule has 4 nitrogen and oxygen atoms in total. The molecule has 0 aromatic rings. The number of nitrogens with zero attached hydrogens (tertiary/aromatic N) is 1. The molecular formula is C8H12FNO3. The van der Waals surface area contributed by atoms with Crippen molar-refractivity contribution in [2.45, 2.75) is 25.4 Å². The molecule has 0 bridgehead atoms. The molecule has 1 unspecified atom stereocenters. The summed E-state index contributed by atoms with van der Waals surface area (Å²) in [7, 11) is 0. The van der Waals surface area contributed by atoms with Crippen molar-refractivity contribution < 1.29 is 19.1 Å². The fraction of sp³-hybridized carbons (Fsp3) is 0.750. The molecule has 1 saturated heterocycles. The normalized spacial score (nSPS) is 28.6. The number of amides is 1. The van der Waals surface area contributed by atoms with Crippen LogP contribution in [0.3, 0.4) is 0 Å². The van der Waals surface area contributed by atoms with Gasteiger partial charge >= 0.3 is 5.97 Å². The molecule has 0 spiro atoms. The molecule has 1 atom stereocenters. The molecule has 1 heterocycles. The van der Waals surface area contributed by atoms with Crippen LogP contribution >= 0.6 is 0 Å². The van der Waals surface area contributed by atoms with E-state index < -0.39 is 11.6 Å². The summed E-state index contributed by atoms with van der Waals surface area (Å²) in [5.74, 6) is -1.75. The van der Waals surface area contributed by atoms with Crippen molar-refractivity contribution in [3.8, 4) is 0 Å². The molecular weight excluding hydrogens is 177 g/mol. The molecule has 0 aromatic carbocycles. The van der Waals surface area contributed by atoms with E-state index in [0.717, 1.165) is 0 Å². The molecule has 1 aliphatic heterocycles. The van der Waals surface area contributed by atoms with Gasteiger partial charge in [0.2, 0.25) is 11.6 Å². The molecule has 1 N–H and O–H groups in total. The number of halogens is 1. The minimum atomic E-state index is -2.25. The van der Waals surface area contributed by atoms with E-state index in [1.807, 2.05) is 0 Å². The fourth-order valence-corrected chi connectivity index (χ4v) is 1.45. The van der Waals surface area contributed by atoms with Crippen LogP contribution in [0.25, 0.3) is 0 Å². The second-order valence-corrected chi connectivity index (χ2v) is 3.31. The number of piperidine rings is 1. The SMILES string of the molecule is CC(=O)N1CCCC(F)(C(=O)O)C1. The first kappa shape index (κ1) is 9.95. The summed E-state index contributed by atoms with van der Waals surface area (Å²) in [6.45, 7) is 1.44. The van der Waals surface area contributed by atoms with Crippen molar-refractivity contribution in [2.75, 3.05) is 13.1 Å². The predicted molar refractivity (Wildman–Crippen MR) is 43.0 cm³/mol. The molecule has 1 fully saturated rings. The van der Waals surface area contributed by atoms with Crippen molar-refractivity contribution in [3.05, 3.63) is 0 Å². The maximum atomic E-state index is 13.5. The number of carbonyl (C=O) groups excluding carboxylic acids is 1. The Morgan fingerprint density at radius 1 is 1.54 bits per heavy atom. The van der Waals surface area contributed by atoms with Gasteiger partial charge in [-0.1, -0.05) is 0 Å². The summed E-state index contributed by atoms with van der Waals surface area (Å²) in [4.78, 5) is 22.6. The van der Waals surface area contributed by atoms with E-state index in [4.69, 9.17) is 5.11 Å². The lowest BCUT2D eigenvalue weighted by Gasteiger charge is -2.33. The van der Waals surface area contributed by atoms with Gasteiger partial charge in [-0.15, -0.1) is 0 Å². The second-order valence-electron chi connectivity index (χ2n) is 3.31. The van der Waals surface area contributed by atoms with Crippen LogP contribution in [0.1, 0.15) is 19.8 Å². The van der Waals surface area contributed by atoms with E-state index in [-0.39, 0.29) is 18.9 Å². The Morgan fingerprint density at radius 3 is 2.62 bits per heavy atom. The summed E-state index contributed by atoms with van der Waals surface area (Å²) < 4.78 is 13.5. The van der Waals surface area contributed by atoms with Crippen molar-refractivity contribution in [2.24, 2.45) is 0 Å². The van der Waals surface area contributed by atoms with Gasteiger partial charge in [0, 0.05) is 13.5 Å². The quantitative estimate of drug-likeness (QED) is 0.650. The zero-order valence-corrected chi connectivity index (χ0v) is 7.42. The number of rotatable bonds is 1. The van der Waals surface area contributed by atoms with Gasteiger partial charge in [0.05, 0.1) is 6.54 Å². The van der Waals surface area contributed by atoms with Gasteiger partial charge in [0.25, 0.3) is 0 Å². The van der Waals surface area contributed by atoms with Crippen LogP contribution in [-0.2, 0) is 9.59 Å². The molecule has 13 heavy (non-hydrogen) atoms. The third kappa shape index (κ3) is 1.96. The molecule has 0 aliphatic carbocycles. The lowest BCUT2D eigenvalue weighted by Crippen LogP contribution is -2.51. The second kappa shape index (κ2) is 3.32. The number of hydrogen-bond donors (Lipinski definition) is 1. The highest BCUT2D eigenvalue weighted by Crippen LogP contribution is 2.25. The molecule has 1 rings (SSSR count). The number of carbonyl (C=O) groups is 2. The Balaban J connectivity index is 2.71. The Kier molecular flexibility index (Phi) is 2.54. The summed E-state index contributed by atoms with van der Waals surface area (Å²) in [5, 5.41) is 8.58. The zero-order valence-electron chi connectivity index (χ0n) is 7.42. The number of alkyl halides is 1. The average Bonchev–Trinajstić information content (AvgIpc) is 2.04. The number of aliphatic carboxylic acids is 1. The predicted octanol–water partition coefficient (Wildman–Crippen LogP) is 0.422. The Bertz CT molecular complexity index is 244. The zero-order chi connectivity index (χ0) is 10.1. The van der Waals surface area contributed by atoms with Crippen LogP contribution in [0.15, 0.2) is 0 Å². The van der Waals surface area contributed by atoms with Crippen LogP contribution in [0.5, 0.6) is 0 Å². The van der Waals surface area contributed by atoms with E-state index in [2.05, 4.69) is 0 Å². The fourth-order valence-electron chi connectivity index (χ4n) is 1.45. The Hall–Kier alpha value is -1.13. The standard InChI is InChI=1S/C8H12FNO3/c1-6(11)10-4-2-3-8(9,5-10)7(12)13/h2-5H2,1H3,(H,12,13). The highest BCUT2D eigenvalue weighted by atomic mass is 19.1. The maximum Gasteiger partial charge on any atom is 0.343 e. The van der Waals surface area contributed by atoms with Crippen LogP contribution in [0.2, 0.25) is 0 Å². The number of hydrogen-bond acceptors (Lipinski definition) is 2. The van der Waals surface area contributed by atoms with Crippen LogP contribution in [0.4, 0.5) is 4.39 Å². The molecule has 74 valence electrons. The van der Waals surface area contributed by atoms with Crippen molar-refractivity contribution in [3.63, 3.8) is 0 Å². The van der Waals surface area contributed by atoms with Gasteiger partial charge in [0.1, 0.15) is 0 Å². The van der Waals surface area contributed by atoms with Crippen LogP contribution < -0.4 is 0 Å². The summed E-state index contributed by atoms with van der Waals surface area (Å²) in [5.41, 5.74) is -2.25. The summed E-state index contributed by atoms with van der Waals surface area (Å²) in [6.07, 6.45) is 0.397. The first-order chi connectivity index (χ1) is 5.96. The molecule has 1 amide bonds. The smallest absolute Gasteiger partial charge is 0.343 e. The maximum absolute atomic E-state index is 13.5. The first-order valence-corrected chi connectivity index (χ1v) is 4.13. The van der Waals surface area contributed by atoms with E-state index in [0.29, 0.717) is 13.0 Å². The summed E-state index contributed by atoms with van der Waals surface area (Å²) >= 11 is 0. The van der Waals surface area contributed by atoms with Crippen LogP contribution in [-0.4, -0.2) is 40.6 Å². The van der Waals surface area contributed by atoms with Crippen molar-refractivity contribution in [1.82, 2.24) is 4.90 Å². The average molecular weight is 189 g/mol. The van der Waals surface area contributed by atoms with Crippen molar-refractivity contribution >= 4 is 11.9 Å². The van der Waals surface area contributed by atoms with Gasteiger partial charge in [-0.3, -0.25) is 4.79 Å². The van der Waals surface area contributed by atoms with E-state index in [1.54, 1.807) is 0 Å². The van der Waals surface area contributed by atoms with Crippen LogP contribution in [0, 0.1) is 0 Å². The van der Waals surface area contributed by atoms with Gasteiger partial charge < -0.3 is 10.0 Å². The topological polar surface area (TPSA) is 57.6 Å². The molecule has 5 heteroatoms. The van der Waals surface area contributed by atoms with Gasteiger partial charge in [-0.05, 0) is 12.8 Å². The van der Waals surface area contributed by atoms with E-state index >= 15 is 0 Å². The lowest BCUT2D eigenvalue weighted by atomic mass is 9.95. The molecule has 1 aliphatic rings. The first-order valence-electron chi connectivity index (χ1n) is 4.13. The third-order valence-electron chi connectivity index (χ3n) is 2.27. The minimum absolute atomic E-state index is 0.00782. The van der Waals surface area contributed by atoms with Gasteiger partial charge in [-0.25, -0.2) is 9.18 Å². The highest BCUT2D eigenvalue weighted by Gasteiger charge is 2.43. The lowest BCUT2D eigenvalue weighted by molar-refractivity contribution is -0.156. The minimum Gasteiger partial charge on any atom is -0.479 e. The molecule has 0 radical (unpaired) electrons. The summed E-state index contributed by atoms with van der Waals surface area (Å²) in [6, 6.07) is 0. The van der Waals surface area contributed by atoms with E-state index in [9.17, 15) is 14.0 Å². The molecule has 0 saturated carbocycles. The third-order valence-corrected chi connectivity index (χ3v) is 2.27. The van der Waals surface area contributed by atoms with Gasteiger partial charge in [0.15, 0.2) is 0 Å². The monoisotopic (exact) mass is 189 g/mol. The van der Waals surface area contributed by atoms with E-state index in [1.165, 1.54) is 11.8 Å². The number of likely N-dealkylation sites (tertiary alicyclic amines) is 1. The van der Waals surface area contributed by atoms with Gasteiger partial charge in [-0.2, -0.15) is 0 Å².